The first kappa shape index (κ1) is 18.0. The number of aromatic nitrogens is 2. The Morgan fingerprint density at radius 3 is 2.63 bits per heavy atom. The largest absolute Gasteiger partial charge is 0.287 e. The van der Waals surface area contributed by atoms with Crippen molar-refractivity contribution in [3.63, 3.8) is 0 Å². The summed E-state index contributed by atoms with van der Waals surface area (Å²) in [6, 6.07) is 20.3. The van der Waals surface area contributed by atoms with Gasteiger partial charge in [-0.1, -0.05) is 59.8 Å². The Kier molecular flexibility index (Phi) is 5.41. The maximum absolute atomic E-state index is 13.1. The third-order valence-corrected chi connectivity index (χ3v) is 6.46. The van der Waals surface area contributed by atoms with E-state index in [9.17, 15) is 4.79 Å². The Labute approximate surface area is 166 Å². The van der Waals surface area contributed by atoms with Gasteiger partial charge in [-0.15, -0.1) is 11.3 Å². The molecule has 0 atom stereocenters. The van der Waals surface area contributed by atoms with Crippen LogP contribution in [0.25, 0.3) is 10.9 Å². The van der Waals surface area contributed by atoms with Crippen molar-refractivity contribution in [3.05, 3.63) is 92.4 Å². The lowest BCUT2D eigenvalue weighted by Gasteiger charge is -2.13. The molecule has 0 fully saturated rings. The van der Waals surface area contributed by atoms with Crippen molar-refractivity contribution in [1.82, 2.24) is 9.55 Å². The smallest absolute Gasteiger partial charge is 0.262 e. The summed E-state index contributed by atoms with van der Waals surface area (Å²) < 4.78 is 1.83. The highest BCUT2D eigenvalue weighted by atomic mass is 32.2. The molecular formula is C22H20N2OS2. The lowest BCUT2D eigenvalue weighted by molar-refractivity contribution is 0.598. The SMILES string of the molecule is Cc1ccc(CSc2nc3ccccc3c(=O)n2CCc2cccs2)cc1. The molecule has 0 radical (unpaired) electrons. The lowest BCUT2D eigenvalue weighted by atomic mass is 10.2. The Hall–Kier alpha value is -2.37. The van der Waals surface area contributed by atoms with Gasteiger partial charge in [0.25, 0.3) is 5.56 Å². The van der Waals surface area contributed by atoms with Crippen LogP contribution in [-0.2, 0) is 18.7 Å². The van der Waals surface area contributed by atoms with E-state index in [2.05, 4.69) is 48.7 Å². The Balaban J connectivity index is 1.66. The van der Waals surface area contributed by atoms with E-state index in [1.54, 1.807) is 23.1 Å². The van der Waals surface area contributed by atoms with Gasteiger partial charge in [0.15, 0.2) is 5.16 Å². The van der Waals surface area contributed by atoms with Gasteiger partial charge < -0.3 is 0 Å². The number of nitrogens with zero attached hydrogens (tertiary/aromatic N) is 2. The summed E-state index contributed by atoms with van der Waals surface area (Å²) in [4.78, 5) is 19.2. The van der Waals surface area contributed by atoms with Crippen molar-refractivity contribution in [2.45, 2.75) is 30.8 Å². The van der Waals surface area contributed by atoms with Crippen LogP contribution in [0.2, 0.25) is 0 Å². The highest BCUT2D eigenvalue weighted by Gasteiger charge is 2.12. The third kappa shape index (κ3) is 4.15. The molecule has 4 aromatic rings. The summed E-state index contributed by atoms with van der Waals surface area (Å²) in [6.45, 7) is 2.73. The molecule has 0 saturated carbocycles. The van der Waals surface area contributed by atoms with E-state index in [0.29, 0.717) is 11.9 Å². The number of rotatable bonds is 6. The quantitative estimate of drug-likeness (QED) is 0.330. The second-order valence-corrected chi connectivity index (χ2v) is 8.45. The summed E-state index contributed by atoms with van der Waals surface area (Å²) in [5.41, 5.74) is 3.29. The van der Waals surface area contributed by atoms with E-state index < -0.39 is 0 Å². The van der Waals surface area contributed by atoms with Crippen molar-refractivity contribution < 1.29 is 0 Å². The fourth-order valence-electron chi connectivity index (χ4n) is 2.96. The van der Waals surface area contributed by atoms with Gasteiger partial charge in [0, 0.05) is 17.2 Å². The van der Waals surface area contributed by atoms with Crippen molar-refractivity contribution in [2.75, 3.05) is 0 Å². The maximum Gasteiger partial charge on any atom is 0.262 e. The van der Waals surface area contributed by atoms with Crippen LogP contribution in [0, 0.1) is 6.92 Å². The molecule has 2 aromatic heterocycles. The molecule has 27 heavy (non-hydrogen) atoms. The first-order valence-electron chi connectivity index (χ1n) is 8.91. The first-order valence-corrected chi connectivity index (χ1v) is 10.8. The van der Waals surface area contributed by atoms with Gasteiger partial charge in [-0.2, -0.15) is 0 Å². The Bertz CT molecular complexity index is 1100. The van der Waals surface area contributed by atoms with Crippen LogP contribution in [-0.4, -0.2) is 9.55 Å². The van der Waals surface area contributed by atoms with Gasteiger partial charge in [-0.25, -0.2) is 4.98 Å². The van der Waals surface area contributed by atoms with Crippen LogP contribution in [0.1, 0.15) is 16.0 Å². The number of thioether (sulfide) groups is 1. The van der Waals surface area contributed by atoms with Crippen molar-refractivity contribution >= 4 is 34.0 Å². The molecule has 0 aliphatic rings. The summed E-state index contributed by atoms with van der Waals surface area (Å²) in [5.74, 6) is 0.796. The van der Waals surface area contributed by atoms with Gasteiger partial charge in [-0.3, -0.25) is 9.36 Å². The number of hydrogen-bond acceptors (Lipinski definition) is 4. The summed E-state index contributed by atoms with van der Waals surface area (Å²) in [6.07, 6.45) is 0.843. The van der Waals surface area contributed by atoms with Crippen LogP contribution in [0.15, 0.2) is 76.0 Å². The van der Waals surface area contributed by atoms with E-state index >= 15 is 0 Å². The fourth-order valence-corrected chi connectivity index (χ4v) is 4.64. The Morgan fingerprint density at radius 2 is 1.85 bits per heavy atom. The van der Waals surface area contributed by atoms with Crippen molar-refractivity contribution in [1.29, 1.82) is 0 Å². The molecule has 0 unspecified atom stereocenters. The van der Waals surface area contributed by atoms with E-state index in [4.69, 9.17) is 4.98 Å². The molecule has 0 aliphatic heterocycles. The number of benzene rings is 2. The minimum Gasteiger partial charge on any atom is -0.287 e. The average molecular weight is 393 g/mol. The second-order valence-electron chi connectivity index (χ2n) is 6.47. The van der Waals surface area contributed by atoms with Crippen LogP contribution < -0.4 is 5.56 Å². The standard InChI is InChI=1S/C22H20N2OS2/c1-16-8-10-17(11-9-16)15-27-22-23-20-7-3-2-6-19(20)21(25)24(22)13-12-18-5-4-14-26-18/h2-11,14H,12-13,15H2,1H3. The minimum atomic E-state index is 0.0450. The molecule has 0 bridgehead atoms. The number of fused-ring (bicyclic) bond motifs is 1. The lowest BCUT2D eigenvalue weighted by Crippen LogP contribution is -2.24. The first-order chi connectivity index (χ1) is 13.2. The van der Waals surface area contributed by atoms with E-state index in [1.807, 2.05) is 28.8 Å². The molecule has 5 heteroatoms. The molecule has 0 saturated heterocycles. The molecule has 3 nitrogen and oxygen atoms in total. The number of thiophene rings is 1. The summed E-state index contributed by atoms with van der Waals surface area (Å²) in [5, 5.41) is 3.54. The van der Waals surface area contributed by atoms with E-state index in [-0.39, 0.29) is 5.56 Å². The molecule has 0 N–H and O–H groups in total. The highest BCUT2D eigenvalue weighted by molar-refractivity contribution is 7.98. The van der Waals surface area contributed by atoms with Crippen LogP contribution >= 0.6 is 23.1 Å². The third-order valence-electron chi connectivity index (χ3n) is 4.48. The monoisotopic (exact) mass is 392 g/mol. The maximum atomic E-state index is 13.1. The molecule has 0 aliphatic carbocycles. The van der Waals surface area contributed by atoms with Gasteiger partial charge in [0.05, 0.1) is 10.9 Å². The minimum absolute atomic E-state index is 0.0450. The topological polar surface area (TPSA) is 34.9 Å². The van der Waals surface area contributed by atoms with Gasteiger partial charge in [0.1, 0.15) is 0 Å². The molecule has 0 amide bonds. The number of para-hydroxylation sites is 1. The zero-order valence-corrected chi connectivity index (χ0v) is 16.7. The van der Waals surface area contributed by atoms with Gasteiger partial charge in [-0.05, 0) is 42.5 Å². The van der Waals surface area contributed by atoms with E-state index in [0.717, 1.165) is 22.8 Å². The zero-order valence-electron chi connectivity index (χ0n) is 15.1. The fraction of sp³-hybridized carbons (Fsp3) is 0.182. The molecule has 2 aromatic carbocycles. The second kappa shape index (κ2) is 8.11. The molecule has 4 rings (SSSR count). The molecule has 0 spiro atoms. The van der Waals surface area contributed by atoms with Crippen LogP contribution in [0.3, 0.4) is 0 Å². The normalized spacial score (nSPS) is 11.1. The molecular weight excluding hydrogens is 372 g/mol. The van der Waals surface area contributed by atoms with E-state index in [1.165, 1.54) is 16.0 Å². The predicted molar refractivity (Wildman–Crippen MR) is 115 cm³/mol. The van der Waals surface area contributed by atoms with Crippen LogP contribution in [0.4, 0.5) is 0 Å². The average Bonchev–Trinajstić information content (AvgIpc) is 3.21. The van der Waals surface area contributed by atoms with Gasteiger partial charge >= 0.3 is 0 Å². The summed E-state index contributed by atoms with van der Waals surface area (Å²) >= 11 is 3.35. The van der Waals surface area contributed by atoms with Crippen molar-refractivity contribution in [3.8, 4) is 0 Å². The predicted octanol–water partition coefficient (Wildman–Crippen LogP) is 5.30. The van der Waals surface area contributed by atoms with Gasteiger partial charge in [0.2, 0.25) is 0 Å². The summed E-state index contributed by atoms with van der Waals surface area (Å²) in [7, 11) is 0. The number of hydrogen-bond donors (Lipinski definition) is 0. The van der Waals surface area contributed by atoms with Crippen molar-refractivity contribution in [2.24, 2.45) is 0 Å². The molecule has 2 heterocycles. The zero-order chi connectivity index (χ0) is 18.6. The van der Waals surface area contributed by atoms with Crippen LogP contribution in [0.5, 0.6) is 0 Å². The highest BCUT2D eigenvalue weighted by Crippen LogP contribution is 2.23. The number of aryl methyl sites for hydroxylation is 2. The Morgan fingerprint density at radius 1 is 1.04 bits per heavy atom. The molecule has 136 valence electrons.